The number of hydrogen-bond acceptors (Lipinski definition) is 9. The van der Waals surface area contributed by atoms with Gasteiger partial charge in [-0.25, -0.2) is 4.79 Å². The van der Waals surface area contributed by atoms with Gasteiger partial charge >= 0.3 is 23.9 Å². The third-order valence-corrected chi connectivity index (χ3v) is 8.45. The molecule has 1 aromatic rings. The van der Waals surface area contributed by atoms with Gasteiger partial charge < -0.3 is 23.7 Å². The zero-order valence-corrected chi connectivity index (χ0v) is 22.3. The van der Waals surface area contributed by atoms with Crippen molar-refractivity contribution in [3.05, 3.63) is 35.9 Å². The van der Waals surface area contributed by atoms with Gasteiger partial charge in [-0.3, -0.25) is 14.4 Å². The second kappa shape index (κ2) is 9.74. The molecule has 0 N–H and O–H groups in total. The van der Waals surface area contributed by atoms with Crippen molar-refractivity contribution in [2.75, 3.05) is 6.61 Å². The van der Waals surface area contributed by atoms with Gasteiger partial charge in [0.1, 0.15) is 24.2 Å². The molecule has 4 rings (SSSR count). The van der Waals surface area contributed by atoms with E-state index in [1.165, 1.54) is 20.8 Å². The number of ether oxygens (including phenoxy) is 5. The predicted octanol–water partition coefficient (Wildman–Crippen LogP) is 3.62. The lowest BCUT2D eigenvalue weighted by molar-refractivity contribution is -0.288. The Hall–Kier alpha value is -2.94. The summed E-state index contributed by atoms with van der Waals surface area (Å²) in [5.74, 6) is -2.62. The summed E-state index contributed by atoms with van der Waals surface area (Å²) in [4.78, 5) is 50.3. The topological polar surface area (TPSA) is 114 Å². The van der Waals surface area contributed by atoms with Gasteiger partial charge in [0.2, 0.25) is 0 Å². The summed E-state index contributed by atoms with van der Waals surface area (Å²) in [6.07, 6.45) is -1.28. The van der Waals surface area contributed by atoms with Crippen LogP contribution in [0.15, 0.2) is 30.3 Å². The SMILES string of the molecule is CC(=O)OCC12C(OC(C)=O)CC[C@@H](C)[C@@]13C[C@@H](C(OC(C)=O)C2OC(=O)c1ccccc1)C(C)(C)O3. The van der Waals surface area contributed by atoms with Crippen molar-refractivity contribution < 1.29 is 42.9 Å². The van der Waals surface area contributed by atoms with Gasteiger partial charge in [-0.15, -0.1) is 0 Å². The Kier molecular flexibility index (Phi) is 7.14. The molecular formula is C28H36O9. The molecule has 1 spiro atoms. The Morgan fingerprint density at radius 3 is 2.16 bits per heavy atom. The molecule has 0 radical (unpaired) electrons. The average molecular weight is 517 g/mol. The monoisotopic (exact) mass is 516 g/mol. The summed E-state index contributed by atoms with van der Waals surface area (Å²) < 4.78 is 30.6. The van der Waals surface area contributed by atoms with Gasteiger partial charge in [0, 0.05) is 26.7 Å². The Morgan fingerprint density at radius 1 is 0.919 bits per heavy atom. The van der Waals surface area contributed by atoms with Crippen molar-refractivity contribution >= 4 is 23.9 Å². The molecule has 1 heterocycles. The van der Waals surface area contributed by atoms with E-state index in [0.717, 1.165) is 0 Å². The second-order valence-electron chi connectivity index (χ2n) is 11.1. The molecule has 7 atom stereocenters. The molecule has 3 fully saturated rings. The van der Waals surface area contributed by atoms with E-state index in [9.17, 15) is 19.2 Å². The molecule has 4 unspecified atom stereocenters. The standard InChI is InChI=1S/C28H36O9/c1-16-12-13-22(34-18(3)30)27(15-33-17(2)29)24(36-25(32)20-10-8-7-9-11-20)23(35-19(4)31)21-14-28(16,27)37-26(21,5)6/h7-11,16,21-24H,12-15H2,1-6H3/t16-,21+,22?,23?,24?,27?,28+/m1/s1. The van der Waals surface area contributed by atoms with E-state index >= 15 is 0 Å². The molecule has 3 aliphatic rings. The van der Waals surface area contributed by atoms with E-state index in [0.29, 0.717) is 24.8 Å². The quantitative estimate of drug-likeness (QED) is 0.413. The van der Waals surface area contributed by atoms with Crippen LogP contribution in [0.4, 0.5) is 0 Å². The first kappa shape index (κ1) is 27.1. The molecule has 1 aromatic carbocycles. The van der Waals surface area contributed by atoms with Gasteiger partial charge in [-0.05, 0) is 51.2 Å². The maximum atomic E-state index is 13.5. The molecule has 2 bridgehead atoms. The lowest BCUT2D eigenvalue weighted by Crippen LogP contribution is -2.74. The minimum absolute atomic E-state index is 0.0599. The minimum atomic E-state index is -1.32. The lowest BCUT2D eigenvalue weighted by Gasteiger charge is -2.61. The number of carbonyl (C=O) groups is 4. The molecular weight excluding hydrogens is 480 g/mol. The summed E-state index contributed by atoms with van der Waals surface area (Å²) in [6.45, 7) is 9.55. The smallest absolute Gasteiger partial charge is 0.338 e. The lowest BCUT2D eigenvalue weighted by atomic mass is 9.49. The Morgan fingerprint density at radius 2 is 1.57 bits per heavy atom. The van der Waals surface area contributed by atoms with Crippen LogP contribution in [0.1, 0.15) is 71.2 Å². The Balaban J connectivity index is 1.95. The van der Waals surface area contributed by atoms with Crippen LogP contribution in [-0.2, 0) is 38.1 Å². The molecule has 37 heavy (non-hydrogen) atoms. The number of benzene rings is 1. The fraction of sp³-hybridized carbons (Fsp3) is 0.643. The molecule has 1 aliphatic heterocycles. The van der Waals surface area contributed by atoms with E-state index in [1.54, 1.807) is 30.3 Å². The van der Waals surface area contributed by atoms with Crippen LogP contribution in [0.25, 0.3) is 0 Å². The van der Waals surface area contributed by atoms with Crippen molar-refractivity contribution in [1.29, 1.82) is 0 Å². The maximum Gasteiger partial charge on any atom is 0.338 e. The minimum Gasteiger partial charge on any atom is -0.465 e. The van der Waals surface area contributed by atoms with Crippen LogP contribution in [-0.4, -0.2) is 60.0 Å². The fourth-order valence-corrected chi connectivity index (χ4v) is 6.96. The molecule has 0 amide bonds. The first-order valence-electron chi connectivity index (χ1n) is 12.8. The van der Waals surface area contributed by atoms with E-state index in [4.69, 9.17) is 23.7 Å². The Bertz CT molecular complexity index is 1070. The molecule has 2 aliphatic carbocycles. The molecule has 0 aromatic heterocycles. The average Bonchev–Trinajstić information content (AvgIpc) is 3.08. The highest BCUT2D eigenvalue weighted by Gasteiger charge is 2.79. The number of carbonyl (C=O) groups excluding carboxylic acids is 4. The number of fused-ring (bicyclic) bond motifs is 1. The van der Waals surface area contributed by atoms with Crippen molar-refractivity contribution in [1.82, 2.24) is 0 Å². The van der Waals surface area contributed by atoms with Gasteiger partial charge in [0.15, 0.2) is 6.10 Å². The van der Waals surface area contributed by atoms with Crippen LogP contribution in [0, 0.1) is 17.3 Å². The van der Waals surface area contributed by atoms with Crippen molar-refractivity contribution in [2.45, 2.75) is 90.3 Å². The summed E-state index contributed by atoms with van der Waals surface area (Å²) >= 11 is 0. The first-order chi connectivity index (χ1) is 17.3. The van der Waals surface area contributed by atoms with Gasteiger partial charge in [0.25, 0.3) is 0 Å². The van der Waals surface area contributed by atoms with Crippen LogP contribution < -0.4 is 0 Å². The summed E-state index contributed by atoms with van der Waals surface area (Å²) in [7, 11) is 0. The second-order valence-corrected chi connectivity index (χ2v) is 11.1. The van der Waals surface area contributed by atoms with Gasteiger partial charge in [-0.2, -0.15) is 0 Å². The molecule has 9 nitrogen and oxygen atoms in total. The van der Waals surface area contributed by atoms with Crippen LogP contribution in [0.2, 0.25) is 0 Å². The molecule has 9 heteroatoms. The van der Waals surface area contributed by atoms with Crippen LogP contribution in [0.5, 0.6) is 0 Å². The summed E-state index contributed by atoms with van der Waals surface area (Å²) in [6, 6.07) is 8.48. The highest BCUT2D eigenvalue weighted by molar-refractivity contribution is 5.89. The zero-order chi connectivity index (χ0) is 27.2. The number of hydrogen-bond donors (Lipinski definition) is 0. The van der Waals surface area contributed by atoms with Crippen LogP contribution in [0.3, 0.4) is 0 Å². The van der Waals surface area contributed by atoms with Crippen molar-refractivity contribution in [3.8, 4) is 0 Å². The predicted molar refractivity (Wildman–Crippen MR) is 130 cm³/mol. The highest BCUT2D eigenvalue weighted by atomic mass is 16.6. The van der Waals surface area contributed by atoms with Crippen molar-refractivity contribution in [3.63, 3.8) is 0 Å². The third kappa shape index (κ3) is 4.51. The number of rotatable bonds is 6. The van der Waals surface area contributed by atoms with Crippen LogP contribution >= 0.6 is 0 Å². The van der Waals surface area contributed by atoms with E-state index in [2.05, 4.69) is 0 Å². The Labute approximate surface area is 217 Å². The van der Waals surface area contributed by atoms with Crippen molar-refractivity contribution in [2.24, 2.45) is 17.3 Å². The molecule has 1 saturated heterocycles. The zero-order valence-electron chi connectivity index (χ0n) is 22.3. The number of esters is 4. The third-order valence-electron chi connectivity index (χ3n) is 8.45. The summed E-state index contributed by atoms with van der Waals surface area (Å²) in [5, 5.41) is 0. The maximum absolute atomic E-state index is 13.5. The van der Waals surface area contributed by atoms with Gasteiger partial charge in [0.05, 0.1) is 16.8 Å². The highest BCUT2D eigenvalue weighted by Crippen LogP contribution is 2.67. The normalized spacial score (nSPS) is 35.6. The summed E-state index contributed by atoms with van der Waals surface area (Å²) in [5.41, 5.74) is -2.77. The largest absolute Gasteiger partial charge is 0.465 e. The fourth-order valence-electron chi connectivity index (χ4n) is 6.96. The van der Waals surface area contributed by atoms with E-state index in [-0.39, 0.29) is 18.4 Å². The first-order valence-corrected chi connectivity index (χ1v) is 12.8. The molecule has 202 valence electrons. The molecule has 2 saturated carbocycles. The van der Waals surface area contributed by atoms with Gasteiger partial charge in [-0.1, -0.05) is 25.1 Å². The van der Waals surface area contributed by atoms with E-state index < -0.39 is 58.8 Å². The van der Waals surface area contributed by atoms with E-state index in [1.807, 2.05) is 20.8 Å².